The first-order valence-corrected chi connectivity index (χ1v) is 6.16. The molecule has 1 aliphatic rings. The molecular formula is C13H16N4. The number of hydrogen-bond donors (Lipinski definition) is 1. The average molecular weight is 228 g/mol. The third-order valence-corrected chi connectivity index (χ3v) is 3.08. The monoisotopic (exact) mass is 228 g/mol. The van der Waals surface area contributed by atoms with Crippen LogP contribution in [0.2, 0.25) is 0 Å². The molecule has 0 radical (unpaired) electrons. The van der Waals surface area contributed by atoms with Crippen molar-refractivity contribution in [2.75, 3.05) is 18.1 Å². The Bertz CT molecular complexity index is 504. The van der Waals surface area contributed by atoms with E-state index >= 15 is 0 Å². The van der Waals surface area contributed by atoms with Crippen LogP contribution >= 0.6 is 0 Å². The molecule has 88 valence electrons. The zero-order valence-corrected chi connectivity index (χ0v) is 9.76. The highest BCUT2D eigenvalue weighted by Gasteiger charge is 2.11. The van der Waals surface area contributed by atoms with Crippen molar-refractivity contribution >= 4 is 16.9 Å². The van der Waals surface area contributed by atoms with Gasteiger partial charge in [-0.05, 0) is 18.9 Å². The van der Waals surface area contributed by atoms with Crippen LogP contribution in [0.5, 0.6) is 0 Å². The van der Waals surface area contributed by atoms with Crippen LogP contribution in [0.3, 0.4) is 0 Å². The van der Waals surface area contributed by atoms with Gasteiger partial charge in [0.15, 0.2) is 0 Å². The first-order chi connectivity index (χ1) is 8.43. The Morgan fingerprint density at radius 3 is 3.06 bits per heavy atom. The summed E-state index contributed by atoms with van der Waals surface area (Å²) in [7, 11) is 0. The van der Waals surface area contributed by atoms with E-state index in [4.69, 9.17) is 0 Å². The summed E-state index contributed by atoms with van der Waals surface area (Å²) in [4.78, 5) is 9.02. The summed E-state index contributed by atoms with van der Waals surface area (Å²) in [5.74, 6) is 0.783. The lowest BCUT2D eigenvalue weighted by Crippen LogP contribution is -2.38. The number of nitrogens with zero attached hydrogens (tertiary/aromatic N) is 3. The summed E-state index contributed by atoms with van der Waals surface area (Å²) in [6.07, 6.45) is 5.59. The van der Waals surface area contributed by atoms with Crippen molar-refractivity contribution < 1.29 is 0 Å². The average Bonchev–Trinajstić information content (AvgIpc) is 2.67. The molecule has 1 saturated heterocycles. The molecule has 17 heavy (non-hydrogen) atoms. The van der Waals surface area contributed by atoms with Crippen LogP contribution in [-0.4, -0.2) is 23.1 Å². The summed E-state index contributed by atoms with van der Waals surface area (Å²) in [5, 5.41) is 3.16. The lowest BCUT2D eigenvalue weighted by Gasteiger charge is -2.20. The van der Waals surface area contributed by atoms with Crippen molar-refractivity contribution in [2.24, 2.45) is 0 Å². The minimum absolute atomic E-state index is 0.783. The smallest absolute Gasteiger partial charge is 0.240 e. The Balaban J connectivity index is 1.93. The van der Waals surface area contributed by atoms with Crippen LogP contribution in [0, 0.1) is 0 Å². The van der Waals surface area contributed by atoms with Gasteiger partial charge in [-0.2, -0.15) is 0 Å². The second kappa shape index (κ2) is 4.67. The Morgan fingerprint density at radius 2 is 2.06 bits per heavy atom. The summed E-state index contributed by atoms with van der Waals surface area (Å²) in [5.41, 5.74) is 4.37. The fourth-order valence-corrected chi connectivity index (χ4v) is 2.13. The van der Waals surface area contributed by atoms with Gasteiger partial charge in [-0.15, -0.1) is 0 Å². The lowest BCUT2D eigenvalue weighted by molar-refractivity contribution is 0.644. The molecule has 0 aliphatic carbocycles. The fraction of sp³-hybridized carbons (Fsp3) is 0.385. The van der Waals surface area contributed by atoms with Gasteiger partial charge in [-0.3, -0.25) is 5.01 Å². The SMILES string of the molecule is c1ccc2nc(N3CCCCCN3)ncc2c1. The molecule has 4 nitrogen and oxygen atoms in total. The van der Waals surface area contributed by atoms with E-state index in [0.717, 1.165) is 29.9 Å². The third kappa shape index (κ3) is 2.22. The molecule has 0 amide bonds. The first kappa shape index (κ1) is 10.5. The van der Waals surface area contributed by atoms with Gasteiger partial charge in [0.05, 0.1) is 5.52 Å². The minimum atomic E-state index is 0.783. The van der Waals surface area contributed by atoms with Gasteiger partial charge in [-0.25, -0.2) is 15.4 Å². The number of nitrogens with one attached hydrogen (secondary N) is 1. The molecule has 1 aromatic heterocycles. The lowest BCUT2D eigenvalue weighted by atomic mass is 10.2. The van der Waals surface area contributed by atoms with Crippen molar-refractivity contribution in [2.45, 2.75) is 19.3 Å². The van der Waals surface area contributed by atoms with Gasteiger partial charge < -0.3 is 0 Å². The highest BCUT2D eigenvalue weighted by atomic mass is 15.5. The molecule has 0 spiro atoms. The Kier molecular flexibility index (Phi) is 2.88. The van der Waals surface area contributed by atoms with E-state index in [1.54, 1.807) is 0 Å². The van der Waals surface area contributed by atoms with Crippen molar-refractivity contribution in [3.8, 4) is 0 Å². The number of benzene rings is 1. The topological polar surface area (TPSA) is 41.1 Å². The number of hydrogen-bond acceptors (Lipinski definition) is 4. The molecule has 1 aromatic carbocycles. The molecule has 4 heteroatoms. The normalized spacial score (nSPS) is 17.1. The van der Waals surface area contributed by atoms with E-state index in [2.05, 4.69) is 20.4 Å². The minimum Gasteiger partial charge on any atom is -0.276 e. The van der Waals surface area contributed by atoms with E-state index in [0.29, 0.717) is 0 Å². The zero-order chi connectivity index (χ0) is 11.5. The van der Waals surface area contributed by atoms with Gasteiger partial charge in [0, 0.05) is 24.7 Å². The number of hydrazine groups is 1. The molecule has 2 aromatic rings. The molecule has 3 rings (SSSR count). The van der Waals surface area contributed by atoms with Gasteiger partial charge in [-0.1, -0.05) is 24.6 Å². The first-order valence-electron chi connectivity index (χ1n) is 6.16. The van der Waals surface area contributed by atoms with Crippen molar-refractivity contribution in [1.82, 2.24) is 15.4 Å². The largest absolute Gasteiger partial charge is 0.276 e. The maximum Gasteiger partial charge on any atom is 0.240 e. The highest BCUT2D eigenvalue weighted by Crippen LogP contribution is 2.15. The Labute approximate surface area is 101 Å². The molecule has 1 aliphatic heterocycles. The standard InChI is InChI=1S/C13H16N4/c1-4-8-15-17(9-5-1)13-14-10-11-6-2-3-7-12(11)16-13/h2-3,6-7,10,15H,1,4-5,8-9H2. The van der Waals surface area contributed by atoms with Crippen LogP contribution in [-0.2, 0) is 0 Å². The molecule has 1 N–H and O–H groups in total. The van der Waals surface area contributed by atoms with Gasteiger partial charge >= 0.3 is 0 Å². The molecular weight excluding hydrogens is 212 g/mol. The van der Waals surface area contributed by atoms with Crippen LogP contribution in [0.15, 0.2) is 30.5 Å². The highest BCUT2D eigenvalue weighted by molar-refractivity contribution is 5.78. The van der Waals surface area contributed by atoms with E-state index in [9.17, 15) is 0 Å². The quantitative estimate of drug-likeness (QED) is 0.811. The molecule has 1 fully saturated rings. The Morgan fingerprint density at radius 1 is 1.12 bits per heavy atom. The predicted octanol–water partition coefficient (Wildman–Crippen LogP) is 2.12. The summed E-state index contributed by atoms with van der Waals surface area (Å²) in [6, 6.07) is 8.08. The number of para-hydroxylation sites is 1. The number of aromatic nitrogens is 2. The maximum atomic E-state index is 4.59. The number of anilines is 1. The van der Waals surface area contributed by atoms with Crippen molar-refractivity contribution in [3.63, 3.8) is 0 Å². The number of rotatable bonds is 1. The van der Waals surface area contributed by atoms with E-state index in [1.165, 1.54) is 19.3 Å². The van der Waals surface area contributed by atoms with Gasteiger partial charge in [0.1, 0.15) is 0 Å². The summed E-state index contributed by atoms with van der Waals surface area (Å²) in [6.45, 7) is 1.99. The molecule has 0 unspecified atom stereocenters. The molecule has 0 saturated carbocycles. The van der Waals surface area contributed by atoms with E-state index in [-0.39, 0.29) is 0 Å². The molecule has 0 bridgehead atoms. The van der Waals surface area contributed by atoms with Crippen LogP contribution in [0.4, 0.5) is 5.95 Å². The second-order valence-electron chi connectivity index (χ2n) is 4.35. The van der Waals surface area contributed by atoms with Crippen LogP contribution in [0.25, 0.3) is 10.9 Å². The van der Waals surface area contributed by atoms with Gasteiger partial charge in [0.25, 0.3) is 0 Å². The maximum absolute atomic E-state index is 4.59. The van der Waals surface area contributed by atoms with Crippen molar-refractivity contribution in [3.05, 3.63) is 30.5 Å². The van der Waals surface area contributed by atoms with Crippen LogP contribution in [0.1, 0.15) is 19.3 Å². The molecule has 2 heterocycles. The fourth-order valence-electron chi connectivity index (χ4n) is 2.13. The van der Waals surface area contributed by atoms with Crippen LogP contribution < -0.4 is 10.4 Å². The van der Waals surface area contributed by atoms with Gasteiger partial charge in [0.2, 0.25) is 5.95 Å². The third-order valence-electron chi connectivity index (χ3n) is 3.08. The van der Waals surface area contributed by atoms with Crippen molar-refractivity contribution in [1.29, 1.82) is 0 Å². The summed E-state index contributed by atoms with van der Waals surface area (Å²) >= 11 is 0. The Hall–Kier alpha value is -1.68. The number of fused-ring (bicyclic) bond motifs is 1. The zero-order valence-electron chi connectivity index (χ0n) is 9.76. The van der Waals surface area contributed by atoms with E-state index in [1.807, 2.05) is 30.5 Å². The predicted molar refractivity (Wildman–Crippen MR) is 68.7 cm³/mol. The van der Waals surface area contributed by atoms with E-state index < -0.39 is 0 Å². The molecule has 0 atom stereocenters. The summed E-state index contributed by atoms with van der Waals surface area (Å²) < 4.78 is 0. The second-order valence-corrected chi connectivity index (χ2v) is 4.35.